The Hall–Kier alpha value is -1.03. The fourth-order valence-electron chi connectivity index (χ4n) is 2.32. The summed E-state index contributed by atoms with van der Waals surface area (Å²) in [6, 6.07) is 4.28. The Labute approximate surface area is 162 Å². The molecular weight excluding hydrogens is 405 g/mol. The van der Waals surface area contributed by atoms with Gasteiger partial charge in [0.05, 0.1) is 17.3 Å². The molecule has 0 aliphatic carbocycles. The Balaban J connectivity index is 0.00000312. The Kier molecular flexibility index (Phi) is 7.54. The number of thioether (sulfide) groups is 1. The van der Waals surface area contributed by atoms with E-state index in [1.807, 2.05) is 0 Å². The second kappa shape index (κ2) is 8.57. The van der Waals surface area contributed by atoms with E-state index in [2.05, 4.69) is 18.2 Å². The first kappa shape index (κ1) is 22.0. The lowest BCUT2D eigenvalue weighted by Gasteiger charge is -2.34. The number of aliphatic imine (C=N–C) groups is 1. The summed E-state index contributed by atoms with van der Waals surface area (Å²) in [4.78, 5) is 5.79. The molecule has 0 bridgehead atoms. The molecule has 1 aliphatic rings. The molecule has 0 spiro atoms. The maximum atomic E-state index is 11.7. The van der Waals surface area contributed by atoms with E-state index in [1.165, 1.54) is 23.9 Å². The van der Waals surface area contributed by atoms with Crippen molar-refractivity contribution in [3.05, 3.63) is 54.1 Å². The lowest BCUT2D eigenvalue weighted by Crippen LogP contribution is -2.45. The molecule has 0 saturated carbocycles. The zero-order chi connectivity index (χ0) is 18.0. The van der Waals surface area contributed by atoms with Crippen molar-refractivity contribution in [2.75, 3.05) is 18.8 Å². The molecule has 25 heavy (non-hydrogen) atoms. The highest BCUT2D eigenvalue weighted by Crippen LogP contribution is 2.40. The van der Waals surface area contributed by atoms with E-state index in [1.54, 1.807) is 23.1 Å². The lowest BCUT2D eigenvalue weighted by atomic mass is 10.0. The molecule has 1 fully saturated rings. The number of aliphatic hydroxyl groups is 1. The van der Waals surface area contributed by atoms with Crippen LogP contribution in [0.1, 0.15) is 5.56 Å². The van der Waals surface area contributed by atoms with Crippen LogP contribution in [0.3, 0.4) is 0 Å². The summed E-state index contributed by atoms with van der Waals surface area (Å²) >= 11 is 7.28. The van der Waals surface area contributed by atoms with Gasteiger partial charge in [-0.3, -0.25) is 4.99 Å². The Bertz CT molecular complexity index is 799. The zero-order valence-electron chi connectivity index (χ0n) is 13.3. The molecule has 6 nitrogen and oxygen atoms in total. The minimum Gasteiger partial charge on any atom is -0.366 e. The number of amidine groups is 1. The van der Waals surface area contributed by atoms with Crippen LogP contribution in [0.25, 0.3) is 0 Å². The van der Waals surface area contributed by atoms with Gasteiger partial charge in [-0.05, 0) is 12.1 Å². The van der Waals surface area contributed by atoms with E-state index in [-0.39, 0.29) is 28.1 Å². The number of halogens is 2. The maximum absolute atomic E-state index is 11.7. The number of primary sulfonamides is 1. The van der Waals surface area contributed by atoms with Gasteiger partial charge < -0.3 is 10.0 Å². The van der Waals surface area contributed by atoms with Gasteiger partial charge in [0.25, 0.3) is 0 Å². The summed E-state index contributed by atoms with van der Waals surface area (Å²) in [6.07, 6.45) is 3.29. The first-order chi connectivity index (χ1) is 11.2. The van der Waals surface area contributed by atoms with Gasteiger partial charge in [-0.15, -0.1) is 25.6 Å². The predicted molar refractivity (Wildman–Crippen MR) is 106 cm³/mol. The molecule has 1 heterocycles. The summed E-state index contributed by atoms with van der Waals surface area (Å²) in [7, 11) is -4.00. The van der Waals surface area contributed by atoms with Gasteiger partial charge in [0.2, 0.25) is 10.0 Å². The number of benzene rings is 1. The van der Waals surface area contributed by atoms with E-state index in [0.29, 0.717) is 23.8 Å². The fourth-order valence-corrected chi connectivity index (χ4v) is 4.59. The Morgan fingerprint density at radius 1 is 1.44 bits per heavy atom. The van der Waals surface area contributed by atoms with Crippen molar-refractivity contribution in [2.45, 2.75) is 10.6 Å². The van der Waals surface area contributed by atoms with Gasteiger partial charge >= 0.3 is 0 Å². The van der Waals surface area contributed by atoms with Crippen LogP contribution >= 0.6 is 35.8 Å². The Morgan fingerprint density at radius 2 is 2.12 bits per heavy atom. The third-order valence-corrected chi connectivity index (χ3v) is 5.99. The molecule has 10 heteroatoms. The largest absolute Gasteiger partial charge is 0.366 e. The van der Waals surface area contributed by atoms with E-state index in [9.17, 15) is 13.5 Å². The SMILES string of the molecule is C=CCN=C1SCC(O)(c2ccc(Cl)c(S(N)(=O)=O)c2)N1CC=C.Cl. The monoisotopic (exact) mass is 423 g/mol. The number of hydrogen-bond donors (Lipinski definition) is 2. The van der Waals surface area contributed by atoms with Crippen molar-refractivity contribution >= 4 is 51.0 Å². The van der Waals surface area contributed by atoms with E-state index >= 15 is 0 Å². The van der Waals surface area contributed by atoms with Crippen molar-refractivity contribution in [1.82, 2.24) is 4.90 Å². The van der Waals surface area contributed by atoms with Crippen LogP contribution in [0.15, 0.2) is 53.4 Å². The first-order valence-electron chi connectivity index (χ1n) is 6.96. The molecule has 1 unspecified atom stereocenters. The van der Waals surface area contributed by atoms with Crippen LogP contribution in [0.2, 0.25) is 5.02 Å². The zero-order valence-corrected chi connectivity index (χ0v) is 16.5. The summed E-state index contributed by atoms with van der Waals surface area (Å²) in [5, 5.41) is 17.0. The average molecular weight is 424 g/mol. The summed E-state index contributed by atoms with van der Waals surface area (Å²) in [6.45, 7) is 8.07. The van der Waals surface area contributed by atoms with Crippen molar-refractivity contribution in [3.63, 3.8) is 0 Å². The number of sulfonamides is 1. The minimum atomic E-state index is -4.00. The summed E-state index contributed by atoms with van der Waals surface area (Å²) in [5.74, 6) is 0.280. The van der Waals surface area contributed by atoms with Crippen molar-refractivity contribution in [3.8, 4) is 0 Å². The standard InChI is InChI=1S/C15H18ClN3O3S2.ClH/c1-3-7-18-14-19(8-4-2)15(20,10-23-14)11-5-6-12(16)13(9-11)24(17,21)22;/h3-6,9,20H,1-2,7-8,10H2,(H2,17,21,22);1H. The van der Waals surface area contributed by atoms with E-state index in [4.69, 9.17) is 16.7 Å². The fraction of sp³-hybridized carbons (Fsp3) is 0.267. The highest BCUT2D eigenvalue weighted by Gasteiger charge is 2.44. The normalized spacial score (nSPS) is 21.9. The third kappa shape index (κ3) is 4.58. The van der Waals surface area contributed by atoms with E-state index < -0.39 is 15.7 Å². The topological polar surface area (TPSA) is 96.0 Å². The Morgan fingerprint density at radius 3 is 2.68 bits per heavy atom. The number of nitrogens with zero attached hydrogens (tertiary/aromatic N) is 2. The van der Waals surface area contributed by atoms with Crippen LogP contribution in [0, 0.1) is 0 Å². The van der Waals surface area contributed by atoms with Gasteiger partial charge in [-0.2, -0.15) is 0 Å². The number of hydrogen-bond acceptors (Lipinski definition) is 5. The van der Waals surface area contributed by atoms with Crippen molar-refractivity contribution in [2.24, 2.45) is 10.1 Å². The smallest absolute Gasteiger partial charge is 0.239 e. The van der Waals surface area contributed by atoms with Gasteiger partial charge in [-0.25, -0.2) is 13.6 Å². The van der Waals surface area contributed by atoms with Gasteiger partial charge in [0, 0.05) is 12.1 Å². The third-order valence-electron chi connectivity index (χ3n) is 3.45. The van der Waals surface area contributed by atoms with Crippen LogP contribution in [-0.2, 0) is 15.7 Å². The second-order valence-corrected chi connectivity index (χ2v) is 7.99. The van der Waals surface area contributed by atoms with Gasteiger partial charge in [0.1, 0.15) is 4.90 Å². The highest BCUT2D eigenvalue weighted by molar-refractivity contribution is 8.14. The molecule has 0 aromatic heterocycles. The first-order valence-corrected chi connectivity index (χ1v) is 9.87. The van der Waals surface area contributed by atoms with Gasteiger partial charge in [-0.1, -0.05) is 41.6 Å². The molecule has 0 amide bonds. The average Bonchev–Trinajstić information content (AvgIpc) is 2.83. The summed E-state index contributed by atoms with van der Waals surface area (Å²) in [5.41, 5.74) is -1.07. The molecule has 1 aliphatic heterocycles. The van der Waals surface area contributed by atoms with Crippen LogP contribution in [-0.4, -0.2) is 42.4 Å². The van der Waals surface area contributed by atoms with Crippen molar-refractivity contribution in [1.29, 1.82) is 0 Å². The van der Waals surface area contributed by atoms with E-state index in [0.717, 1.165) is 0 Å². The molecule has 138 valence electrons. The van der Waals surface area contributed by atoms with Crippen LogP contribution < -0.4 is 5.14 Å². The van der Waals surface area contributed by atoms with Gasteiger partial charge in [0.15, 0.2) is 10.9 Å². The maximum Gasteiger partial charge on any atom is 0.239 e. The summed E-state index contributed by atoms with van der Waals surface area (Å²) < 4.78 is 23.4. The van der Waals surface area contributed by atoms with Crippen molar-refractivity contribution < 1.29 is 13.5 Å². The lowest BCUT2D eigenvalue weighted by molar-refractivity contribution is -0.0424. The highest BCUT2D eigenvalue weighted by atomic mass is 35.5. The van der Waals surface area contributed by atoms with Crippen LogP contribution in [0.4, 0.5) is 0 Å². The van der Waals surface area contributed by atoms with Crippen LogP contribution in [0.5, 0.6) is 0 Å². The molecule has 1 saturated heterocycles. The molecule has 2 rings (SSSR count). The molecular formula is C15H19Cl2N3O3S2. The molecule has 0 radical (unpaired) electrons. The molecule has 3 N–H and O–H groups in total. The molecule has 1 aromatic rings. The molecule has 1 atom stereocenters. The quantitative estimate of drug-likeness (QED) is 0.684. The predicted octanol–water partition coefficient (Wildman–Crippen LogP) is 2.33. The second-order valence-electron chi connectivity index (χ2n) is 5.11. The molecule has 1 aromatic carbocycles. The minimum absolute atomic E-state index is 0. The number of rotatable bonds is 6. The number of nitrogens with two attached hydrogens (primary N) is 1.